The average Bonchev–Trinajstić information content (AvgIpc) is 2.35. The minimum atomic E-state index is 0.208. The lowest BCUT2D eigenvalue weighted by Gasteiger charge is -2.05. The van der Waals surface area contributed by atoms with Crippen LogP contribution in [0.4, 0.5) is 0 Å². The molecule has 17 heavy (non-hydrogen) atoms. The third-order valence-corrected chi connectivity index (χ3v) is 3.14. The molecule has 0 bridgehead atoms. The molecule has 0 N–H and O–H groups in total. The zero-order valence-electron chi connectivity index (χ0n) is 9.87. The van der Waals surface area contributed by atoms with Gasteiger partial charge in [0.05, 0.1) is 0 Å². The van der Waals surface area contributed by atoms with E-state index in [9.17, 15) is 4.79 Å². The summed E-state index contributed by atoms with van der Waals surface area (Å²) in [5.41, 5.74) is 0.790. The molecule has 88 valence electrons. The number of unbranched alkanes of at least 4 members (excludes halogenated alkanes) is 1. The molecule has 0 unspecified atom stereocenters. The van der Waals surface area contributed by atoms with Crippen molar-refractivity contribution in [1.29, 1.82) is 0 Å². The summed E-state index contributed by atoms with van der Waals surface area (Å²) in [7, 11) is 0. The topological polar surface area (TPSA) is 17.1 Å². The van der Waals surface area contributed by atoms with Gasteiger partial charge in [-0.1, -0.05) is 49.2 Å². The van der Waals surface area contributed by atoms with Crippen molar-refractivity contribution in [3.8, 4) is 0 Å². The standard InChI is InChI=1S/C15H15ClO/c1-2-3-7-15(17)13-6-4-5-11-8-9-12(16)10-14(11)13/h4-6,8-10H,2-3,7H2,1H3. The van der Waals surface area contributed by atoms with Gasteiger partial charge in [0.1, 0.15) is 0 Å². The Labute approximate surface area is 106 Å². The van der Waals surface area contributed by atoms with Gasteiger partial charge in [-0.2, -0.15) is 0 Å². The van der Waals surface area contributed by atoms with E-state index in [1.807, 2.05) is 36.4 Å². The molecule has 0 saturated heterocycles. The molecule has 2 rings (SSSR count). The van der Waals surface area contributed by atoms with Gasteiger partial charge in [0.25, 0.3) is 0 Å². The van der Waals surface area contributed by atoms with E-state index in [2.05, 4.69) is 6.92 Å². The largest absolute Gasteiger partial charge is 0.294 e. The quantitative estimate of drug-likeness (QED) is 0.704. The lowest BCUT2D eigenvalue weighted by molar-refractivity contribution is 0.0981. The molecule has 0 atom stereocenters. The van der Waals surface area contributed by atoms with Gasteiger partial charge >= 0.3 is 0 Å². The fourth-order valence-corrected chi connectivity index (χ4v) is 2.13. The van der Waals surface area contributed by atoms with Gasteiger partial charge in [-0.3, -0.25) is 4.79 Å². The monoisotopic (exact) mass is 246 g/mol. The van der Waals surface area contributed by atoms with Crippen LogP contribution in [0.3, 0.4) is 0 Å². The molecule has 1 nitrogen and oxygen atoms in total. The molecule has 0 aliphatic heterocycles. The summed E-state index contributed by atoms with van der Waals surface area (Å²) in [4.78, 5) is 12.1. The van der Waals surface area contributed by atoms with Crippen molar-refractivity contribution in [2.24, 2.45) is 0 Å². The molecular formula is C15H15ClO. The predicted molar refractivity (Wildman–Crippen MR) is 72.8 cm³/mol. The van der Waals surface area contributed by atoms with E-state index in [4.69, 9.17) is 11.6 Å². The highest BCUT2D eigenvalue weighted by molar-refractivity contribution is 6.31. The number of benzene rings is 2. The zero-order valence-corrected chi connectivity index (χ0v) is 10.6. The Balaban J connectivity index is 2.46. The van der Waals surface area contributed by atoms with Gasteiger partial charge in [-0.05, 0) is 29.3 Å². The molecular weight excluding hydrogens is 232 g/mol. The predicted octanol–water partition coefficient (Wildman–Crippen LogP) is 4.87. The van der Waals surface area contributed by atoms with Crippen molar-refractivity contribution in [1.82, 2.24) is 0 Å². The van der Waals surface area contributed by atoms with Crippen LogP contribution in [0.25, 0.3) is 10.8 Å². The summed E-state index contributed by atoms with van der Waals surface area (Å²) in [5, 5.41) is 2.70. The number of Topliss-reactive ketones (excluding diaryl/α,β-unsaturated/α-hetero) is 1. The minimum Gasteiger partial charge on any atom is -0.294 e. The maximum atomic E-state index is 12.1. The lowest BCUT2D eigenvalue weighted by atomic mass is 9.99. The average molecular weight is 247 g/mol. The summed E-state index contributed by atoms with van der Waals surface area (Å²) >= 11 is 5.99. The Hall–Kier alpha value is -1.34. The third-order valence-electron chi connectivity index (χ3n) is 2.90. The van der Waals surface area contributed by atoms with Crippen LogP contribution in [0.1, 0.15) is 36.5 Å². The van der Waals surface area contributed by atoms with E-state index in [0.717, 1.165) is 29.2 Å². The number of ketones is 1. The fraction of sp³-hybridized carbons (Fsp3) is 0.267. The molecule has 0 spiro atoms. The van der Waals surface area contributed by atoms with Gasteiger partial charge in [0.15, 0.2) is 5.78 Å². The van der Waals surface area contributed by atoms with E-state index in [1.54, 1.807) is 0 Å². The van der Waals surface area contributed by atoms with Crippen LogP contribution in [0.2, 0.25) is 5.02 Å². The first-order valence-corrected chi connectivity index (χ1v) is 6.31. The number of carbonyl (C=O) groups excluding carboxylic acids is 1. The first kappa shape index (κ1) is 12.1. The van der Waals surface area contributed by atoms with Crippen LogP contribution < -0.4 is 0 Å². The van der Waals surface area contributed by atoms with Crippen LogP contribution in [0.5, 0.6) is 0 Å². The highest BCUT2D eigenvalue weighted by Gasteiger charge is 2.09. The molecule has 0 aliphatic carbocycles. The first-order chi connectivity index (χ1) is 8.22. The Bertz CT molecular complexity index is 546. The number of carbonyl (C=O) groups is 1. The molecule has 0 amide bonds. The second-order valence-corrected chi connectivity index (χ2v) is 4.63. The van der Waals surface area contributed by atoms with Gasteiger partial charge < -0.3 is 0 Å². The second-order valence-electron chi connectivity index (χ2n) is 4.20. The number of fused-ring (bicyclic) bond motifs is 1. The summed E-state index contributed by atoms with van der Waals surface area (Å²) in [6.45, 7) is 2.09. The molecule has 2 aromatic carbocycles. The zero-order chi connectivity index (χ0) is 12.3. The second kappa shape index (κ2) is 5.33. The third kappa shape index (κ3) is 2.67. The smallest absolute Gasteiger partial charge is 0.163 e. The van der Waals surface area contributed by atoms with Crippen LogP contribution in [-0.2, 0) is 0 Å². The van der Waals surface area contributed by atoms with Crippen molar-refractivity contribution in [3.63, 3.8) is 0 Å². The fourth-order valence-electron chi connectivity index (χ4n) is 1.96. The first-order valence-electron chi connectivity index (χ1n) is 5.94. The number of hydrogen-bond donors (Lipinski definition) is 0. The molecule has 2 heteroatoms. The summed E-state index contributed by atoms with van der Waals surface area (Å²) < 4.78 is 0. The van der Waals surface area contributed by atoms with Gasteiger partial charge in [-0.15, -0.1) is 0 Å². The van der Waals surface area contributed by atoms with Crippen LogP contribution in [0.15, 0.2) is 36.4 Å². The number of hydrogen-bond acceptors (Lipinski definition) is 1. The number of halogens is 1. The summed E-state index contributed by atoms with van der Waals surface area (Å²) in [5.74, 6) is 0.208. The van der Waals surface area contributed by atoms with Crippen LogP contribution in [0, 0.1) is 0 Å². The normalized spacial score (nSPS) is 10.7. The van der Waals surface area contributed by atoms with Crippen molar-refractivity contribution in [2.45, 2.75) is 26.2 Å². The summed E-state index contributed by atoms with van der Waals surface area (Å²) in [6, 6.07) is 11.5. The highest BCUT2D eigenvalue weighted by Crippen LogP contribution is 2.24. The summed E-state index contributed by atoms with van der Waals surface area (Å²) in [6.07, 6.45) is 2.59. The molecule has 0 radical (unpaired) electrons. The van der Waals surface area contributed by atoms with Crippen LogP contribution in [-0.4, -0.2) is 5.78 Å². The van der Waals surface area contributed by atoms with Crippen molar-refractivity contribution in [3.05, 3.63) is 47.0 Å². The molecule has 0 aliphatic rings. The molecule has 0 aromatic heterocycles. The Morgan fingerprint density at radius 2 is 2.06 bits per heavy atom. The van der Waals surface area contributed by atoms with E-state index in [-0.39, 0.29) is 5.78 Å². The lowest BCUT2D eigenvalue weighted by Crippen LogP contribution is -1.99. The molecule has 0 saturated carbocycles. The highest BCUT2D eigenvalue weighted by atomic mass is 35.5. The van der Waals surface area contributed by atoms with Gasteiger partial charge in [0.2, 0.25) is 0 Å². The van der Waals surface area contributed by atoms with Crippen LogP contribution >= 0.6 is 11.6 Å². The van der Waals surface area contributed by atoms with E-state index in [1.165, 1.54) is 0 Å². The van der Waals surface area contributed by atoms with E-state index in [0.29, 0.717) is 11.4 Å². The van der Waals surface area contributed by atoms with Crippen molar-refractivity contribution < 1.29 is 4.79 Å². The Morgan fingerprint density at radius 1 is 1.24 bits per heavy atom. The van der Waals surface area contributed by atoms with Gasteiger partial charge in [-0.25, -0.2) is 0 Å². The maximum absolute atomic E-state index is 12.1. The van der Waals surface area contributed by atoms with Crippen molar-refractivity contribution >= 4 is 28.2 Å². The van der Waals surface area contributed by atoms with E-state index >= 15 is 0 Å². The maximum Gasteiger partial charge on any atom is 0.163 e. The SMILES string of the molecule is CCCCC(=O)c1cccc2ccc(Cl)cc12. The van der Waals surface area contributed by atoms with Crippen molar-refractivity contribution in [2.75, 3.05) is 0 Å². The Kier molecular flexibility index (Phi) is 3.80. The minimum absolute atomic E-state index is 0.208. The molecule has 0 heterocycles. The Morgan fingerprint density at radius 3 is 2.82 bits per heavy atom. The van der Waals surface area contributed by atoms with Gasteiger partial charge in [0, 0.05) is 17.0 Å². The van der Waals surface area contributed by atoms with E-state index < -0.39 is 0 Å². The molecule has 0 fully saturated rings. The molecule has 2 aromatic rings. The number of rotatable bonds is 4.